The molecule has 106 valence electrons. The van der Waals surface area contributed by atoms with E-state index in [0.29, 0.717) is 12.3 Å². The predicted octanol–water partition coefficient (Wildman–Crippen LogP) is 4.56. The molecule has 0 saturated carbocycles. The number of anilines is 1. The van der Waals surface area contributed by atoms with Gasteiger partial charge in [-0.25, -0.2) is 0 Å². The minimum atomic E-state index is 0.525. The van der Waals surface area contributed by atoms with Gasteiger partial charge < -0.3 is 10.5 Å². The van der Waals surface area contributed by atoms with Gasteiger partial charge in [-0.05, 0) is 40.5 Å². The summed E-state index contributed by atoms with van der Waals surface area (Å²) >= 11 is 0. The molecule has 2 heteroatoms. The van der Waals surface area contributed by atoms with Crippen LogP contribution < -0.4 is 10.5 Å². The summed E-state index contributed by atoms with van der Waals surface area (Å²) in [6.45, 7) is 2.64. The molecule has 0 heterocycles. The molecule has 2 nitrogen and oxygen atoms in total. The van der Waals surface area contributed by atoms with Crippen molar-refractivity contribution in [3.63, 3.8) is 0 Å². The van der Waals surface area contributed by atoms with E-state index >= 15 is 0 Å². The van der Waals surface area contributed by atoms with Crippen LogP contribution in [0.4, 0.5) is 5.69 Å². The maximum Gasteiger partial charge on any atom is 0.142 e. The van der Waals surface area contributed by atoms with Crippen LogP contribution in [0, 0.1) is 0 Å². The smallest absolute Gasteiger partial charge is 0.142 e. The molecule has 0 spiro atoms. The number of nitrogen functional groups attached to an aromatic ring is 1. The van der Waals surface area contributed by atoms with Gasteiger partial charge in [-0.2, -0.15) is 0 Å². The van der Waals surface area contributed by atoms with Crippen molar-refractivity contribution in [3.8, 4) is 5.75 Å². The number of hydrogen-bond donors (Lipinski definition) is 1. The minimum absolute atomic E-state index is 0.525. The molecule has 0 atom stereocenters. The lowest BCUT2D eigenvalue weighted by atomic mass is 10.1. The van der Waals surface area contributed by atoms with Gasteiger partial charge in [-0.15, -0.1) is 0 Å². The molecule has 0 unspecified atom stereocenters. The van der Waals surface area contributed by atoms with Crippen LogP contribution in [-0.2, 0) is 13.0 Å². The second kappa shape index (κ2) is 5.88. The second-order valence-corrected chi connectivity index (χ2v) is 5.15. The maximum absolute atomic E-state index is 6.05. The van der Waals surface area contributed by atoms with E-state index in [9.17, 15) is 0 Å². The quantitative estimate of drug-likeness (QED) is 0.709. The molecule has 2 N–H and O–H groups in total. The van der Waals surface area contributed by atoms with Gasteiger partial charge in [0.25, 0.3) is 0 Å². The summed E-state index contributed by atoms with van der Waals surface area (Å²) < 4.78 is 5.91. The molecule has 0 radical (unpaired) electrons. The molecule has 3 aromatic rings. The standard InChI is InChI=1S/C19H19NO/c1-2-14-10-11-19(18(20)12-14)21-13-16-8-5-7-15-6-3-4-9-17(15)16/h3-12H,2,13,20H2,1H3. The van der Waals surface area contributed by atoms with Crippen LogP contribution >= 0.6 is 0 Å². The van der Waals surface area contributed by atoms with Crippen molar-refractivity contribution >= 4 is 16.5 Å². The van der Waals surface area contributed by atoms with Crippen molar-refractivity contribution in [1.29, 1.82) is 0 Å². The molecular formula is C19H19NO. The van der Waals surface area contributed by atoms with Crippen LogP contribution in [0.3, 0.4) is 0 Å². The highest BCUT2D eigenvalue weighted by molar-refractivity contribution is 5.85. The molecule has 0 saturated heterocycles. The van der Waals surface area contributed by atoms with Crippen molar-refractivity contribution < 1.29 is 4.74 Å². The third-order valence-electron chi connectivity index (χ3n) is 3.75. The van der Waals surface area contributed by atoms with E-state index in [1.54, 1.807) is 0 Å². The first-order valence-corrected chi connectivity index (χ1v) is 7.26. The Morgan fingerprint density at radius 1 is 0.952 bits per heavy atom. The van der Waals surface area contributed by atoms with Crippen molar-refractivity contribution in [2.24, 2.45) is 0 Å². The summed E-state index contributed by atoms with van der Waals surface area (Å²) in [4.78, 5) is 0. The summed E-state index contributed by atoms with van der Waals surface area (Å²) in [7, 11) is 0. The summed E-state index contributed by atoms with van der Waals surface area (Å²) in [5, 5.41) is 2.46. The number of fused-ring (bicyclic) bond motifs is 1. The van der Waals surface area contributed by atoms with E-state index in [-0.39, 0.29) is 0 Å². The number of benzene rings is 3. The molecular weight excluding hydrogens is 258 g/mol. The lowest BCUT2D eigenvalue weighted by molar-refractivity contribution is 0.309. The first-order valence-electron chi connectivity index (χ1n) is 7.26. The molecule has 0 fully saturated rings. The lowest BCUT2D eigenvalue weighted by Crippen LogP contribution is -2.00. The SMILES string of the molecule is CCc1ccc(OCc2cccc3ccccc23)c(N)c1. The molecule has 0 bridgehead atoms. The number of aryl methyl sites for hydroxylation is 1. The zero-order valence-corrected chi connectivity index (χ0v) is 12.2. The van der Waals surface area contributed by atoms with Crippen LogP contribution in [0.25, 0.3) is 10.8 Å². The maximum atomic E-state index is 6.05. The number of rotatable bonds is 4. The molecule has 0 aliphatic heterocycles. The van der Waals surface area contributed by atoms with E-state index in [1.165, 1.54) is 21.9 Å². The predicted molar refractivity (Wildman–Crippen MR) is 88.5 cm³/mol. The number of nitrogens with two attached hydrogens (primary N) is 1. The van der Waals surface area contributed by atoms with Crippen LogP contribution in [-0.4, -0.2) is 0 Å². The largest absolute Gasteiger partial charge is 0.487 e. The third kappa shape index (κ3) is 2.84. The first kappa shape index (κ1) is 13.5. The molecule has 0 amide bonds. The van der Waals surface area contributed by atoms with Crippen LogP contribution in [0.15, 0.2) is 60.7 Å². The number of ether oxygens (including phenoxy) is 1. The fourth-order valence-corrected chi connectivity index (χ4v) is 2.52. The Hall–Kier alpha value is -2.48. The summed E-state index contributed by atoms with van der Waals surface area (Å²) in [6, 6.07) is 20.6. The average molecular weight is 277 g/mol. The zero-order valence-electron chi connectivity index (χ0n) is 12.2. The van der Waals surface area contributed by atoms with E-state index in [2.05, 4.69) is 55.5 Å². The van der Waals surface area contributed by atoms with Crippen molar-refractivity contribution in [2.45, 2.75) is 20.0 Å². The van der Waals surface area contributed by atoms with Crippen molar-refractivity contribution in [3.05, 3.63) is 71.8 Å². The van der Waals surface area contributed by atoms with E-state index in [0.717, 1.165) is 12.2 Å². The number of hydrogen-bond acceptors (Lipinski definition) is 2. The van der Waals surface area contributed by atoms with Gasteiger partial charge in [0.1, 0.15) is 12.4 Å². The Labute approximate surface area is 125 Å². The second-order valence-electron chi connectivity index (χ2n) is 5.15. The third-order valence-corrected chi connectivity index (χ3v) is 3.75. The molecule has 0 aliphatic rings. The molecule has 3 rings (SSSR count). The highest BCUT2D eigenvalue weighted by Gasteiger charge is 2.04. The van der Waals surface area contributed by atoms with Gasteiger partial charge in [-0.3, -0.25) is 0 Å². The highest BCUT2D eigenvalue weighted by atomic mass is 16.5. The van der Waals surface area contributed by atoms with Crippen molar-refractivity contribution in [1.82, 2.24) is 0 Å². The molecule has 3 aromatic carbocycles. The summed E-state index contributed by atoms with van der Waals surface area (Å²) in [5.41, 5.74) is 9.15. The monoisotopic (exact) mass is 277 g/mol. The lowest BCUT2D eigenvalue weighted by Gasteiger charge is -2.11. The van der Waals surface area contributed by atoms with Gasteiger partial charge >= 0.3 is 0 Å². The fourth-order valence-electron chi connectivity index (χ4n) is 2.52. The van der Waals surface area contributed by atoms with Gasteiger partial charge in [0.2, 0.25) is 0 Å². The Morgan fingerprint density at radius 2 is 1.76 bits per heavy atom. The zero-order chi connectivity index (χ0) is 14.7. The minimum Gasteiger partial charge on any atom is -0.487 e. The van der Waals surface area contributed by atoms with Crippen LogP contribution in [0.2, 0.25) is 0 Å². The molecule has 0 aromatic heterocycles. The topological polar surface area (TPSA) is 35.2 Å². The summed E-state index contributed by atoms with van der Waals surface area (Å²) in [6.07, 6.45) is 0.980. The van der Waals surface area contributed by atoms with E-state index < -0.39 is 0 Å². The fraction of sp³-hybridized carbons (Fsp3) is 0.158. The van der Waals surface area contributed by atoms with Crippen LogP contribution in [0.1, 0.15) is 18.1 Å². The van der Waals surface area contributed by atoms with Crippen LogP contribution in [0.5, 0.6) is 5.75 Å². The average Bonchev–Trinajstić information content (AvgIpc) is 2.53. The van der Waals surface area contributed by atoms with E-state index in [4.69, 9.17) is 10.5 Å². The Morgan fingerprint density at radius 3 is 2.57 bits per heavy atom. The Kier molecular flexibility index (Phi) is 3.78. The Bertz CT molecular complexity index is 759. The molecule has 21 heavy (non-hydrogen) atoms. The normalized spacial score (nSPS) is 10.7. The van der Waals surface area contributed by atoms with E-state index in [1.807, 2.05) is 12.1 Å². The summed E-state index contributed by atoms with van der Waals surface area (Å²) in [5.74, 6) is 0.750. The van der Waals surface area contributed by atoms with Gasteiger partial charge in [0.15, 0.2) is 0 Å². The highest BCUT2D eigenvalue weighted by Crippen LogP contribution is 2.25. The first-order chi connectivity index (χ1) is 10.3. The van der Waals surface area contributed by atoms with Gasteiger partial charge in [0.05, 0.1) is 5.69 Å². The molecule has 0 aliphatic carbocycles. The van der Waals surface area contributed by atoms with Gasteiger partial charge in [-0.1, -0.05) is 55.5 Å². The Balaban J connectivity index is 1.84. The van der Waals surface area contributed by atoms with Gasteiger partial charge in [0, 0.05) is 0 Å². The van der Waals surface area contributed by atoms with Crippen molar-refractivity contribution in [2.75, 3.05) is 5.73 Å².